The van der Waals surface area contributed by atoms with Crippen LogP contribution in [0.3, 0.4) is 0 Å². The number of aryl methyl sites for hydroxylation is 1. The van der Waals surface area contributed by atoms with Crippen molar-refractivity contribution in [2.75, 3.05) is 23.4 Å². The number of nitrogens with zero attached hydrogens (tertiary/aromatic N) is 2. The van der Waals surface area contributed by atoms with Crippen LogP contribution in [0.15, 0.2) is 17.2 Å². The molecular formula is C10H14N2O2S2. The van der Waals surface area contributed by atoms with E-state index < -0.39 is 10.0 Å². The van der Waals surface area contributed by atoms with E-state index in [1.54, 1.807) is 18.0 Å². The SMILES string of the molecule is CSc1cnc2c(c1)N(S(C)(=O)=O)CCC2. The molecular weight excluding hydrogens is 244 g/mol. The quantitative estimate of drug-likeness (QED) is 0.755. The van der Waals surface area contributed by atoms with Crippen LogP contribution in [0.4, 0.5) is 5.69 Å². The number of hydrogen-bond donors (Lipinski definition) is 0. The molecule has 4 nitrogen and oxygen atoms in total. The van der Waals surface area contributed by atoms with Gasteiger partial charge in [0.2, 0.25) is 10.0 Å². The van der Waals surface area contributed by atoms with Crippen molar-refractivity contribution in [1.82, 2.24) is 4.98 Å². The van der Waals surface area contributed by atoms with Crippen LogP contribution >= 0.6 is 11.8 Å². The molecule has 1 aliphatic heterocycles. The van der Waals surface area contributed by atoms with Crippen LogP contribution in [0.5, 0.6) is 0 Å². The van der Waals surface area contributed by atoms with E-state index >= 15 is 0 Å². The number of pyridine rings is 1. The topological polar surface area (TPSA) is 50.3 Å². The van der Waals surface area contributed by atoms with E-state index in [4.69, 9.17) is 0 Å². The lowest BCUT2D eigenvalue weighted by Gasteiger charge is -2.28. The molecule has 16 heavy (non-hydrogen) atoms. The lowest BCUT2D eigenvalue weighted by atomic mass is 10.1. The Morgan fingerprint density at radius 1 is 1.50 bits per heavy atom. The molecule has 1 aromatic heterocycles. The van der Waals surface area contributed by atoms with Crippen LogP contribution in [-0.4, -0.2) is 32.5 Å². The van der Waals surface area contributed by atoms with Crippen LogP contribution in [0.25, 0.3) is 0 Å². The number of hydrogen-bond acceptors (Lipinski definition) is 4. The molecule has 0 atom stereocenters. The van der Waals surface area contributed by atoms with Crippen LogP contribution in [0, 0.1) is 0 Å². The van der Waals surface area contributed by atoms with Crippen molar-refractivity contribution in [1.29, 1.82) is 0 Å². The highest BCUT2D eigenvalue weighted by atomic mass is 32.2. The van der Waals surface area contributed by atoms with E-state index in [1.165, 1.54) is 10.6 Å². The summed E-state index contributed by atoms with van der Waals surface area (Å²) in [6.45, 7) is 0.561. The van der Waals surface area contributed by atoms with Gasteiger partial charge in [-0.3, -0.25) is 9.29 Å². The van der Waals surface area contributed by atoms with Gasteiger partial charge in [-0.2, -0.15) is 0 Å². The Morgan fingerprint density at radius 2 is 2.25 bits per heavy atom. The minimum atomic E-state index is -3.18. The smallest absolute Gasteiger partial charge is 0.232 e. The maximum atomic E-state index is 11.6. The lowest BCUT2D eigenvalue weighted by molar-refractivity contribution is 0.591. The van der Waals surface area contributed by atoms with Gasteiger partial charge in [0.05, 0.1) is 17.6 Å². The molecule has 0 fully saturated rings. The molecule has 0 amide bonds. The normalized spacial score (nSPS) is 16.0. The molecule has 88 valence electrons. The molecule has 0 spiro atoms. The fraction of sp³-hybridized carbons (Fsp3) is 0.500. The average Bonchev–Trinajstić information content (AvgIpc) is 2.26. The van der Waals surface area contributed by atoms with E-state index in [1.807, 2.05) is 12.3 Å². The zero-order chi connectivity index (χ0) is 11.8. The van der Waals surface area contributed by atoms with Gasteiger partial charge in [-0.15, -0.1) is 11.8 Å². The number of fused-ring (bicyclic) bond motifs is 1. The van der Waals surface area contributed by atoms with Crippen molar-refractivity contribution in [3.8, 4) is 0 Å². The molecule has 0 aromatic carbocycles. The zero-order valence-corrected chi connectivity index (χ0v) is 10.9. The number of thioether (sulfide) groups is 1. The van der Waals surface area contributed by atoms with Crippen LogP contribution in [0.2, 0.25) is 0 Å². The fourth-order valence-electron chi connectivity index (χ4n) is 1.84. The zero-order valence-electron chi connectivity index (χ0n) is 9.30. The molecule has 0 unspecified atom stereocenters. The minimum Gasteiger partial charge on any atom is -0.269 e. The summed E-state index contributed by atoms with van der Waals surface area (Å²) in [4.78, 5) is 5.32. The Morgan fingerprint density at radius 3 is 2.88 bits per heavy atom. The maximum Gasteiger partial charge on any atom is 0.232 e. The summed E-state index contributed by atoms with van der Waals surface area (Å²) in [6.07, 6.45) is 6.70. The number of sulfonamides is 1. The maximum absolute atomic E-state index is 11.6. The summed E-state index contributed by atoms with van der Waals surface area (Å²) in [6, 6.07) is 1.91. The highest BCUT2D eigenvalue weighted by molar-refractivity contribution is 7.98. The molecule has 0 N–H and O–H groups in total. The molecule has 0 saturated heterocycles. The monoisotopic (exact) mass is 258 g/mol. The first-order valence-electron chi connectivity index (χ1n) is 5.03. The van der Waals surface area contributed by atoms with Crippen molar-refractivity contribution in [2.24, 2.45) is 0 Å². The summed E-state index contributed by atoms with van der Waals surface area (Å²) in [5, 5.41) is 0. The van der Waals surface area contributed by atoms with Gasteiger partial charge in [-0.1, -0.05) is 0 Å². The number of anilines is 1. The summed E-state index contributed by atoms with van der Waals surface area (Å²) in [5.41, 5.74) is 1.63. The lowest BCUT2D eigenvalue weighted by Crippen LogP contribution is -2.34. The number of aromatic nitrogens is 1. The van der Waals surface area contributed by atoms with E-state index in [9.17, 15) is 8.42 Å². The van der Waals surface area contributed by atoms with Crippen molar-refractivity contribution in [3.63, 3.8) is 0 Å². The largest absolute Gasteiger partial charge is 0.269 e. The molecule has 2 rings (SSSR count). The van der Waals surface area contributed by atoms with Gasteiger partial charge in [0.15, 0.2) is 0 Å². The first kappa shape index (κ1) is 11.7. The number of rotatable bonds is 2. The van der Waals surface area contributed by atoms with Gasteiger partial charge in [0.25, 0.3) is 0 Å². The summed E-state index contributed by atoms with van der Waals surface area (Å²) in [7, 11) is -3.18. The van der Waals surface area contributed by atoms with E-state index in [0.29, 0.717) is 6.54 Å². The second-order valence-electron chi connectivity index (χ2n) is 3.78. The Bertz CT molecular complexity index is 500. The fourth-order valence-corrected chi connectivity index (χ4v) is 3.20. The van der Waals surface area contributed by atoms with E-state index in [0.717, 1.165) is 29.1 Å². The molecule has 2 heterocycles. The highest BCUT2D eigenvalue weighted by Crippen LogP contribution is 2.30. The summed E-state index contributed by atoms with van der Waals surface area (Å²) < 4.78 is 24.7. The van der Waals surface area contributed by atoms with Gasteiger partial charge >= 0.3 is 0 Å². The van der Waals surface area contributed by atoms with Gasteiger partial charge in [0, 0.05) is 17.6 Å². The van der Waals surface area contributed by atoms with Crippen molar-refractivity contribution in [3.05, 3.63) is 18.0 Å². The predicted octanol–water partition coefficient (Wildman–Crippen LogP) is 1.52. The first-order valence-corrected chi connectivity index (χ1v) is 8.10. The molecule has 0 radical (unpaired) electrons. The van der Waals surface area contributed by atoms with Gasteiger partial charge < -0.3 is 0 Å². The highest BCUT2D eigenvalue weighted by Gasteiger charge is 2.24. The Kier molecular flexibility index (Phi) is 3.12. The van der Waals surface area contributed by atoms with Gasteiger partial charge in [0.1, 0.15) is 0 Å². The summed E-state index contributed by atoms with van der Waals surface area (Å²) in [5.74, 6) is 0. The van der Waals surface area contributed by atoms with Crippen molar-refractivity contribution < 1.29 is 8.42 Å². The Balaban J connectivity index is 2.52. The molecule has 0 bridgehead atoms. The third kappa shape index (κ3) is 2.17. The average molecular weight is 258 g/mol. The Labute approximate surface area is 100 Å². The van der Waals surface area contributed by atoms with Gasteiger partial charge in [-0.05, 0) is 25.2 Å². The molecule has 0 saturated carbocycles. The third-order valence-electron chi connectivity index (χ3n) is 2.60. The van der Waals surface area contributed by atoms with Crippen LogP contribution in [0.1, 0.15) is 12.1 Å². The second kappa shape index (κ2) is 4.25. The van der Waals surface area contributed by atoms with E-state index in [-0.39, 0.29) is 0 Å². The molecule has 6 heteroatoms. The van der Waals surface area contributed by atoms with E-state index in [2.05, 4.69) is 4.98 Å². The van der Waals surface area contributed by atoms with Crippen molar-refractivity contribution in [2.45, 2.75) is 17.7 Å². The third-order valence-corrected chi connectivity index (χ3v) is 4.48. The summed E-state index contributed by atoms with van der Waals surface area (Å²) >= 11 is 1.57. The molecule has 0 aliphatic carbocycles. The minimum absolute atomic E-state index is 0.561. The second-order valence-corrected chi connectivity index (χ2v) is 6.57. The van der Waals surface area contributed by atoms with Crippen LogP contribution in [-0.2, 0) is 16.4 Å². The van der Waals surface area contributed by atoms with Gasteiger partial charge in [-0.25, -0.2) is 8.42 Å². The van der Waals surface area contributed by atoms with Crippen LogP contribution < -0.4 is 4.31 Å². The Hall–Kier alpha value is -0.750. The van der Waals surface area contributed by atoms with Crippen molar-refractivity contribution >= 4 is 27.5 Å². The first-order chi connectivity index (χ1) is 7.52. The molecule has 1 aromatic rings. The molecule has 1 aliphatic rings. The predicted molar refractivity (Wildman–Crippen MR) is 66.5 cm³/mol. The standard InChI is InChI=1S/C10H14N2O2S2/c1-15-8-6-10-9(11-7-8)4-3-5-12(10)16(2,13)14/h6-7H,3-5H2,1-2H3.